The van der Waals surface area contributed by atoms with Crippen LogP contribution in [0.4, 0.5) is 11.9 Å². The maximum atomic E-state index is 10.1. The van der Waals surface area contributed by atoms with Gasteiger partial charge in [-0.3, -0.25) is 0 Å². The van der Waals surface area contributed by atoms with Crippen molar-refractivity contribution in [1.29, 1.82) is 0 Å². The molecule has 1 aromatic heterocycles. The topological polar surface area (TPSA) is 90.8 Å². The van der Waals surface area contributed by atoms with E-state index in [1.807, 2.05) is 6.92 Å². The number of piperazine rings is 1. The summed E-state index contributed by atoms with van der Waals surface area (Å²) in [4.78, 5) is 15.2. The van der Waals surface area contributed by atoms with E-state index in [4.69, 9.17) is 0 Å². The van der Waals surface area contributed by atoms with Crippen molar-refractivity contribution >= 4 is 11.9 Å². The molecule has 1 saturated heterocycles. The molecule has 0 spiro atoms. The standard InChI is InChI=1S/C12H22N6O.ClH/c1-4-14-10-15-9(12(2,3)19)16-11(17-10)18-7-5-13-6-8-18;/h13,19H,4-8H2,1-3H3,(H,14,15,16,17);1H. The Morgan fingerprint density at radius 2 is 1.90 bits per heavy atom. The van der Waals surface area contributed by atoms with Crippen LogP contribution in [0.2, 0.25) is 0 Å². The van der Waals surface area contributed by atoms with Crippen LogP contribution >= 0.6 is 0 Å². The van der Waals surface area contributed by atoms with E-state index in [2.05, 4.69) is 30.5 Å². The molecule has 1 aromatic rings. The first-order valence-corrected chi connectivity index (χ1v) is 6.80. The van der Waals surface area contributed by atoms with Crippen molar-refractivity contribution in [2.75, 3.05) is 42.9 Å². The van der Waals surface area contributed by atoms with E-state index in [0.29, 0.717) is 17.7 Å². The number of halogens is 1. The second-order valence-electron chi connectivity index (χ2n) is 5.23. The van der Waals surface area contributed by atoms with E-state index < -0.39 is 5.60 Å². The molecule has 0 aliphatic carbocycles. The van der Waals surface area contributed by atoms with Crippen molar-refractivity contribution in [3.8, 4) is 0 Å². The Bertz CT molecular complexity index is 430. The molecule has 2 rings (SSSR count). The monoisotopic (exact) mass is 302 g/mol. The summed E-state index contributed by atoms with van der Waals surface area (Å²) in [6.45, 7) is 10.0. The summed E-state index contributed by atoms with van der Waals surface area (Å²) < 4.78 is 0. The van der Waals surface area contributed by atoms with Crippen LogP contribution in [0.15, 0.2) is 0 Å². The lowest BCUT2D eigenvalue weighted by Gasteiger charge is -2.26. The minimum Gasteiger partial charge on any atom is -1.00 e. The van der Waals surface area contributed by atoms with Gasteiger partial charge >= 0.3 is 0 Å². The van der Waals surface area contributed by atoms with Gasteiger partial charge in [0, 0.05) is 6.54 Å². The van der Waals surface area contributed by atoms with Gasteiger partial charge in [0.25, 0.3) is 0 Å². The van der Waals surface area contributed by atoms with Gasteiger partial charge in [-0.15, -0.1) is 0 Å². The molecule has 1 aliphatic rings. The average molecular weight is 303 g/mol. The second kappa shape index (κ2) is 7.01. The smallest absolute Gasteiger partial charge is 0.230 e. The number of hydrogen-bond donors (Lipinski definition) is 3. The Hall–Kier alpha value is -1.18. The zero-order valence-electron chi connectivity index (χ0n) is 12.2. The number of nitrogens with zero attached hydrogens (tertiary/aromatic N) is 4. The number of aromatic nitrogens is 3. The molecule has 0 unspecified atom stereocenters. The minimum absolute atomic E-state index is 0. The van der Waals surface area contributed by atoms with Gasteiger partial charge in [-0.25, -0.2) is 0 Å². The van der Waals surface area contributed by atoms with E-state index in [1.165, 1.54) is 0 Å². The first-order valence-electron chi connectivity index (χ1n) is 6.80. The predicted molar refractivity (Wildman–Crippen MR) is 73.1 cm³/mol. The zero-order chi connectivity index (χ0) is 13.9. The highest BCUT2D eigenvalue weighted by Crippen LogP contribution is 2.19. The van der Waals surface area contributed by atoms with Crippen molar-refractivity contribution in [2.24, 2.45) is 0 Å². The van der Waals surface area contributed by atoms with Gasteiger partial charge < -0.3 is 33.0 Å². The fraction of sp³-hybridized carbons (Fsp3) is 0.750. The quantitative estimate of drug-likeness (QED) is 0.524. The van der Waals surface area contributed by atoms with Gasteiger partial charge in [0.15, 0.2) is 5.82 Å². The predicted octanol–water partition coefficient (Wildman–Crippen LogP) is -4.08. The first-order chi connectivity index (χ1) is 9.00. The zero-order valence-corrected chi connectivity index (χ0v) is 13.0. The molecular weight excluding hydrogens is 280 g/mol. The maximum absolute atomic E-state index is 10.1. The van der Waals surface area contributed by atoms with Crippen LogP contribution in [0.1, 0.15) is 26.6 Å². The molecule has 1 aliphatic heterocycles. The lowest BCUT2D eigenvalue weighted by molar-refractivity contribution is -0.655. The molecule has 2 heterocycles. The Labute approximate surface area is 125 Å². The fourth-order valence-electron chi connectivity index (χ4n) is 1.97. The van der Waals surface area contributed by atoms with E-state index in [0.717, 1.165) is 32.7 Å². The van der Waals surface area contributed by atoms with E-state index in [9.17, 15) is 5.11 Å². The largest absolute Gasteiger partial charge is 1.00 e. The number of quaternary nitrogens is 1. The Morgan fingerprint density at radius 3 is 2.45 bits per heavy atom. The van der Waals surface area contributed by atoms with Crippen LogP contribution in [0.3, 0.4) is 0 Å². The Balaban J connectivity index is 0.00000200. The van der Waals surface area contributed by atoms with E-state index in [1.54, 1.807) is 13.8 Å². The Kier molecular flexibility index (Phi) is 5.91. The number of nitrogens with two attached hydrogens (primary N) is 1. The summed E-state index contributed by atoms with van der Waals surface area (Å²) in [5.74, 6) is 1.58. The Morgan fingerprint density at radius 1 is 1.25 bits per heavy atom. The van der Waals surface area contributed by atoms with Crippen LogP contribution < -0.4 is 27.9 Å². The summed E-state index contributed by atoms with van der Waals surface area (Å²) >= 11 is 0. The molecule has 0 bridgehead atoms. The molecule has 7 nitrogen and oxygen atoms in total. The second-order valence-corrected chi connectivity index (χ2v) is 5.23. The van der Waals surface area contributed by atoms with Crippen molar-refractivity contribution in [3.05, 3.63) is 5.82 Å². The third-order valence-corrected chi connectivity index (χ3v) is 2.99. The number of aliphatic hydroxyl groups is 1. The van der Waals surface area contributed by atoms with Crippen LogP contribution in [0.25, 0.3) is 0 Å². The molecule has 4 N–H and O–H groups in total. The molecule has 8 heteroatoms. The molecule has 20 heavy (non-hydrogen) atoms. The SMILES string of the molecule is CCNc1nc(N2CC[NH2+]CC2)nc(C(C)(C)O)n1.[Cl-]. The number of anilines is 2. The van der Waals surface area contributed by atoms with Gasteiger partial charge in [0.2, 0.25) is 11.9 Å². The normalized spacial score (nSPS) is 15.7. The minimum atomic E-state index is -1.07. The molecule has 0 saturated carbocycles. The molecular formula is C12H23ClN6O. The van der Waals surface area contributed by atoms with Gasteiger partial charge in [0.05, 0.1) is 26.2 Å². The highest BCUT2D eigenvalue weighted by molar-refractivity contribution is 5.38. The van der Waals surface area contributed by atoms with Gasteiger partial charge in [-0.1, -0.05) is 0 Å². The summed E-state index contributed by atoms with van der Waals surface area (Å²) in [7, 11) is 0. The van der Waals surface area contributed by atoms with Crippen molar-refractivity contribution in [1.82, 2.24) is 15.0 Å². The average Bonchev–Trinajstić information content (AvgIpc) is 2.39. The summed E-state index contributed by atoms with van der Waals surface area (Å²) in [5.41, 5.74) is -1.07. The van der Waals surface area contributed by atoms with Crippen LogP contribution in [0, 0.1) is 0 Å². The molecule has 0 radical (unpaired) electrons. The van der Waals surface area contributed by atoms with E-state index in [-0.39, 0.29) is 12.4 Å². The molecule has 0 amide bonds. The third kappa shape index (κ3) is 4.16. The lowest BCUT2D eigenvalue weighted by Crippen LogP contribution is -3.00. The highest BCUT2D eigenvalue weighted by atomic mass is 35.5. The number of rotatable bonds is 4. The summed E-state index contributed by atoms with van der Waals surface area (Å²) in [6.07, 6.45) is 0. The third-order valence-electron chi connectivity index (χ3n) is 2.99. The molecule has 1 fully saturated rings. The van der Waals surface area contributed by atoms with Crippen LogP contribution in [-0.2, 0) is 5.60 Å². The van der Waals surface area contributed by atoms with E-state index >= 15 is 0 Å². The van der Waals surface area contributed by atoms with Crippen LogP contribution in [0.5, 0.6) is 0 Å². The summed E-state index contributed by atoms with van der Waals surface area (Å²) in [6, 6.07) is 0. The van der Waals surface area contributed by atoms with Crippen molar-refractivity contribution in [3.63, 3.8) is 0 Å². The van der Waals surface area contributed by atoms with Gasteiger partial charge in [0.1, 0.15) is 5.60 Å². The number of hydrogen-bond acceptors (Lipinski definition) is 6. The summed E-state index contributed by atoms with van der Waals surface area (Å²) in [5, 5.41) is 15.5. The van der Waals surface area contributed by atoms with Gasteiger partial charge in [-0.05, 0) is 20.8 Å². The van der Waals surface area contributed by atoms with Crippen molar-refractivity contribution < 1.29 is 22.8 Å². The molecule has 114 valence electrons. The fourth-order valence-corrected chi connectivity index (χ4v) is 1.97. The van der Waals surface area contributed by atoms with Gasteiger partial charge in [-0.2, -0.15) is 15.0 Å². The highest BCUT2D eigenvalue weighted by Gasteiger charge is 2.24. The molecule has 0 aromatic carbocycles. The number of nitrogens with one attached hydrogen (secondary N) is 1. The first kappa shape index (κ1) is 16.9. The lowest BCUT2D eigenvalue weighted by atomic mass is 10.1. The molecule has 0 atom stereocenters. The van der Waals surface area contributed by atoms with Crippen molar-refractivity contribution in [2.45, 2.75) is 26.4 Å². The maximum Gasteiger partial charge on any atom is 0.230 e. The van der Waals surface area contributed by atoms with Crippen LogP contribution in [-0.4, -0.2) is 52.8 Å².